The number of rotatable bonds is 5. The van der Waals surface area contributed by atoms with Crippen LogP contribution in [-0.4, -0.2) is 17.0 Å². The smallest absolute Gasteiger partial charge is 0.276 e. The molecule has 0 fully saturated rings. The number of pyridine rings is 1. The van der Waals surface area contributed by atoms with Gasteiger partial charge in [-0.05, 0) is 17.7 Å². The summed E-state index contributed by atoms with van der Waals surface area (Å²) in [5, 5.41) is 10.9. The Morgan fingerprint density at radius 1 is 1.43 bits per heavy atom. The number of nitrogens with one attached hydrogen (secondary N) is 1. The van der Waals surface area contributed by atoms with Crippen molar-refractivity contribution in [1.29, 1.82) is 0 Å². The van der Waals surface area contributed by atoms with Gasteiger partial charge in [-0.25, -0.2) is 15.2 Å². The molecule has 2 aromatic rings. The van der Waals surface area contributed by atoms with Gasteiger partial charge in [-0.15, -0.1) is 0 Å². The van der Waals surface area contributed by atoms with Gasteiger partial charge in [-0.2, -0.15) is 0 Å². The molecule has 0 bridgehead atoms. The van der Waals surface area contributed by atoms with Gasteiger partial charge in [0, 0.05) is 13.6 Å². The Labute approximate surface area is 120 Å². The van der Waals surface area contributed by atoms with Gasteiger partial charge >= 0.3 is 0 Å². The minimum Gasteiger partial charge on any atom is -0.355 e. The van der Waals surface area contributed by atoms with Crippen molar-refractivity contribution >= 4 is 17.3 Å². The Morgan fingerprint density at radius 3 is 2.81 bits per heavy atom. The van der Waals surface area contributed by atoms with Gasteiger partial charge in [-0.1, -0.05) is 12.1 Å². The van der Waals surface area contributed by atoms with Crippen LogP contribution in [0.2, 0.25) is 0 Å². The lowest BCUT2D eigenvalue weighted by atomic mass is 10.2. The molecule has 0 amide bonds. The molecule has 3 N–H and O–H groups in total. The molecular weight excluding hydrogens is 277 g/mol. The summed E-state index contributed by atoms with van der Waals surface area (Å²) in [6.07, 6.45) is 0. The minimum atomic E-state index is -0.526. The molecule has 0 aliphatic rings. The van der Waals surface area contributed by atoms with Crippen molar-refractivity contribution < 1.29 is 9.31 Å². The van der Waals surface area contributed by atoms with Gasteiger partial charge in [0.15, 0.2) is 0 Å². The summed E-state index contributed by atoms with van der Waals surface area (Å²) in [5.74, 6) is 5.47. The maximum atomic E-state index is 13.2. The lowest BCUT2D eigenvalue weighted by Gasteiger charge is -2.18. The second kappa shape index (κ2) is 6.14. The Morgan fingerprint density at radius 2 is 2.19 bits per heavy atom. The molecule has 0 spiro atoms. The fourth-order valence-electron chi connectivity index (χ4n) is 1.87. The quantitative estimate of drug-likeness (QED) is 0.497. The number of anilines is 2. The van der Waals surface area contributed by atoms with E-state index in [0.29, 0.717) is 12.4 Å². The second-order valence-electron chi connectivity index (χ2n) is 4.46. The number of halogens is 1. The molecule has 1 aromatic heterocycles. The zero-order valence-electron chi connectivity index (χ0n) is 11.3. The van der Waals surface area contributed by atoms with Crippen LogP contribution < -0.4 is 16.2 Å². The minimum absolute atomic E-state index is 0.126. The maximum absolute atomic E-state index is 13.2. The first-order valence-corrected chi connectivity index (χ1v) is 6.08. The molecule has 0 atom stereocenters. The van der Waals surface area contributed by atoms with Crippen molar-refractivity contribution in [3.05, 3.63) is 57.9 Å². The standard InChI is InChI=1S/C13H14FN5O2/c1-18(8-9-3-2-4-10(14)5-9)13-7-11(19(20)21)6-12(16-13)17-15/h2-7H,8,15H2,1H3,(H,16,17). The number of benzene rings is 1. The van der Waals surface area contributed by atoms with Gasteiger partial charge in [-0.3, -0.25) is 10.1 Å². The molecule has 0 unspecified atom stereocenters. The molecular formula is C13H14FN5O2. The Bertz CT molecular complexity index is 665. The van der Waals surface area contributed by atoms with E-state index in [1.54, 1.807) is 24.1 Å². The molecule has 0 aliphatic carbocycles. The van der Waals surface area contributed by atoms with Crippen molar-refractivity contribution in [3.63, 3.8) is 0 Å². The first-order valence-electron chi connectivity index (χ1n) is 6.08. The number of hydrazine groups is 1. The van der Waals surface area contributed by atoms with Crippen molar-refractivity contribution in [1.82, 2.24) is 4.98 Å². The Balaban J connectivity index is 2.27. The van der Waals surface area contributed by atoms with Gasteiger partial charge < -0.3 is 10.3 Å². The molecule has 0 aliphatic heterocycles. The molecule has 0 radical (unpaired) electrons. The number of hydrogen-bond acceptors (Lipinski definition) is 6. The SMILES string of the molecule is CN(Cc1cccc(F)c1)c1cc([N+](=O)[O-])cc(NN)n1. The highest BCUT2D eigenvalue weighted by Gasteiger charge is 2.14. The van der Waals surface area contributed by atoms with Crippen LogP contribution in [0.1, 0.15) is 5.56 Å². The lowest BCUT2D eigenvalue weighted by Crippen LogP contribution is -2.19. The normalized spacial score (nSPS) is 10.2. The highest BCUT2D eigenvalue weighted by molar-refractivity contribution is 5.55. The third-order valence-corrected chi connectivity index (χ3v) is 2.86. The van der Waals surface area contributed by atoms with Crippen LogP contribution in [0.3, 0.4) is 0 Å². The molecule has 7 nitrogen and oxygen atoms in total. The summed E-state index contributed by atoms with van der Waals surface area (Å²) < 4.78 is 13.2. The largest absolute Gasteiger partial charge is 0.355 e. The summed E-state index contributed by atoms with van der Waals surface area (Å²) in [4.78, 5) is 16.2. The fraction of sp³-hybridized carbons (Fsp3) is 0.154. The molecule has 110 valence electrons. The Kier molecular flexibility index (Phi) is 4.29. The van der Waals surface area contributed by atoms with E-state index < -0.39 is 4.92 Å². The average molecular weight is 291 g/mol. The predicted octanol–water partition coefficient (Wildman–Crippen LogP) is 2.05. The van der Waals surface area contributed by atoms with E-state index in [4.69, 9.17) is 5.84 Å². The first kappa shape index (κ1) is 14.7. The van der Waals surface area contributed by atoms with E-state index in [-0.39, 0.29) is 17.3 Å². The van der Waals surface area contributed by atoms with E-state index in [2.05, 4.69) is 10.4 Å². The zero-order chi connectivity index (χ0) is 15.4. The van der Waals surface area contributed by atoms with Crippen LogP contribution in [-0.2, 0) is 6.54 Å². The van der Waals surface area contributed by atoms with E-state index in [0.717, 1.165) is 5.56 Å². The molecule has 21 heavy (non-hydrogen) atoms. The zero-order valence-corrected chi connectivity index (χ0v) is 11.3. The van der Waals surface area contributed by atoms with Gasteiger partial charge in [0.2, 0.25) is 0 Å². The van der Waals surface area contributed by atoms with Crippen LogP contribution in [0.4, 0.5) is 21.7 Å². The van der Waals surface area contributed by atoms with E-state index in [9.17, 15) is 14.5 Å². The number of nitrogens with zero attached hydrogens (tertiary/aromatic N) is 3. The summed E-state index contributed by atoms with van der Waals surface area (Å²) >= 11 is 0. The molecule has 0 saturated carbocycles. The van der Waals surface area contributed by atoms with Crippen molar-refractivity contribution in [2.45, 2.75) is 6.54 Å². The fourth-order valence-corrected chi connectivity index (χ4v) is 1.87. The molecule has 8 heteroatoms. The van der Waals surface area contributed by atoms with Crippen LogP contribution in [0.5, 0.6) is 0 Å². The third-order valence-electron chi connectivity index (χ3n) is 2.86. The highest BCUT2D eigenvalue weighted by atomic mass is 19.1. The topological polar surface area (TPSA) is 97.3 Å². The van der Waals surface area contributed by atoms with Crippen LogP contribution in [0, 0.1) is 15.9 Å². The first-order chi connectivity index (χ1) is 9.99. The predicted molar refractivity (Wildman–Crippen MR) is 77.2 cm³/mol. The van der Waals surface area contributed by atoms with E-state index in [1.165, 1.54) is 24.3 Å². The summed E-state index contributed by atoms with van der Waals surface area (Å²) in [6, 6.07) is 8.69. The van der Waals surface area contributed by atoms with Crippen molar-refractivity contribution in [2.24, 2.45) is 5.84 Å². The molecule has 1 aromatic carbocycles. The number of aromatic nitrogens is 1. The van der Waals surface area contributed by atoms with E-state index >= 15 is 0 Å². The average Bonchev–Trinajstić information content (AvgIpc) is 2.46. The number of nitrogens with two attached hydrogens (primary N) is 1. The number of hydrogen-bond donors (Lipinski definition) is 2. The molecule has 2 rings (SSSR count). The summed E-state index contributed by atoms with van der Waals surface area (Å²) in [6.45, 7) is 0.357. The summed E-state index contributed by atoms with van der Waals surface area (Å²) in [5.41, 5.74) is 2.89. The monoisotopic (exact) mass is 291 g/mol. The van der Waals surface area contributed by atoms with Crippen molar-refractivity contribution in [2.75, 3.05) is 17.4 Å². The van der Waals surface area contributed by atoms with E-state index in [1.807, 2.05) is 0 Å². The van der Waals surface area contributed by atoms with Crippen LogP contribution >= 0.6 is 0 Å². The van der Waals surface area contributed by atoms with Crippen LogP contribution in [0.25, 0.3) is 0 Å². The van der Waals surface area contributed by atoms with Gasteiger partial charge in [0.05, 0.1) is 17.1 Å². The third kappa shape index (κ3) is 3.63. The maximum Gasteiger partial charge on any atom is 0.276 e. The number of nitrogen functional groups attached to an aromatic ring is 1. The molecule has 1 heterocycles. The summed E-state index contributed by atoms with van der Waals surface area (Å²) in [7, 11) is 1.71. The number of nitro groups is 1. The highest BCUT2D eigenvalue weighted by Crippen LogP contribution is 2.23. The van der Waals surface area contributed by atoms with Crippen LogP contribution in [0.15, 0.2) is 36.4 Å². The Hall–Kier alpha value is -2.74. The lowest BCUT2D eigenvalue weighted by molar-refractivity contribution is -0.384. The van der Waals surface area contributed by atoms with Gasteiger partial charge in [0.25, 0.3) is 5.69 Å². The van der Waals surface area contributed by atoms with Crippen molar-refractivity contribution in [3.8, 4) is 0 Å². The second-order valence-corrected chi connectivity index (χ2v) is 4.46. The van der Waals surface area contributed by atoms with Gasteiger partial charge in [0.1, 0.15) is 17.5 Å². The molecule has 0 saturated heterocycles.